The highest BCUT2D eigenvalue weighted by Gasteiger charge is 2.34. The standard InChI is InChI=1S/C15H17F3O2.C2H6/c1-20-12-6-7-14(15(16,17)18)13(8-12)11-4-2-10(9-19)3-5-11;1-2/h4,6-8,10,19H,2-3,5,9H2,1H3;1-2H3. The molecule has 0 fully saturated rings. The number of hydrogen-bond donors (Lipinski definition) is 1. The van der Waals surface area contributed by atoms with Gasteiger partial charge in [0.15, 0.2) is 0 Å². The Kier molecular flexibility index (Phi) is 6.94. The van der Waals surface area contributed by atoms with Crippen molar-refractivity contribution >= 4 is 5.57 Å². The van der Waals surface area contributed by atoms with Crippen LogP contribution < -0.4 is 4.74 Å². The molecule has 0 saturated carbocycles. The Hall–Kier alpha value is -1.49. The normalized spacial score (nSPS) is 18.1. The number of allylic oxidation sites excluding steroid dienone is 2. The molecule has 1 aliphatic rings. The summed E-state index contributed by atoms with van der Waals surface area (Å²) in [6, 6.07) is 3.83. The van der Waals surface area contributed by atoms with E-state index in [0.717, 1.165) is 6.07 Å². The van der Waals surface area contributed by atoms with Crippen LogP contribution in [-0.2, 0) is 6.18 Å². The lowest BCUT2D eigenvalue weighted by atomic mass is 9.85. The minimum absolute atomic E-state index is 0.0774. The SMILES string of the molecule is CC.COc1ccc(C(F)(F)F)c(C2=CCC(CO)CC2)c1. The van der Waals surface area contributed by atoms with E-state index >= 15 is 0 Å². The van der Waals surface area contributed by atoms with Crippen molar-refractivity contribution in [3.05, 3.63) is 35.4 Å². The summed E-state index contributed by atoms with van der Waals surface area (Å²) >= 11 is 0. The van der Waals surface area contributed by atoms with Crippen LogP contribution in [0.4, 0.5) is 13.2 Å². The molecule has 1 atom stereocenters. The molecule has 0 heterocycles. The molecule has 0 aliphatic heterocycles. The van der Waals surface area contributed by atoms with Gasteiger partial charge in [-0.05, 0) is 54.5 Å². The molecule has 0 amide bonds. The van der Waals surface area contributed by atoms with Crippen molar-refractivity contribution in [1.29, 1.82) is 0 Å². The summed E-state index contributed by atoms with van der Waals surface area (Å²) in [6.07, 6.45) is -0.719. The lowest BCUT2D eigenvalue weighted by molar-refractivity contribution is -0.137. The predicted molar refractivity (Wildman–Crippen MR) is 81.7 cm³/mol. The van der Waals surface area contributed by atoms with Gasteiger partial charge in [-0.15, -0.1) is 0 Å². The molecule has 1 aromatic rings. The first kappa shape index (κ1) is 18.6. The van der Waals surface area contributed by atoms with E-state index in [1.165, 1.54) is 19.2 Å². The van der Waals surface area contributed by atoms with Gasteiger partial charge in [-0.3, -0.25) is 0 Å². The molecule has 0 radical (unpaired) electrons. The molecule has 2 rings (SSSR count). The third-order valence-electron chi connectivity index (χ3n) is 3.66. The first-order valence-corrected chi connectivity index (χ1v) is 7.51. The van der Waals surface area contributed by atoms with Gasteiger partial charge in [0.05, 0.1) is 12.7 Å². The number of alkyl halides is 3. The Morgan fingerprint density at radius 3 is 2.41 bits per heavy atom. The van der Waals surface area contributed by atoms with Crippen molar-refractivity contribution in [2.24, 2.45) is 5.92 Å². The highest BCUT2D eigenvalue weighted by molar-refractivity contribution is 5.70. The molecular weight excluding hydrogens is 293 g/mol. The van der Waals surface area contributed by atoms with Crippen molar-refractivity contribution < 1.29 is 23.0 Å². The zero-order valence-corrected chi connectivity index (χ0v) is 13.2. The fourth-order valence-corrected chi connectivity index (χ4v) is 2.46. The van der Waals surface area contributed by atoms with Crippen LogP contribution in [0.5, 0.6) is 5.75 Å². The van der Waals surface area contributed by atoms with Crippen LogP contribution in [-0.4, -0.2) is 18.8 Å². The number of hydrogen-bond acceptors (Lipinski definition) is 2. The number of halogens is 3. The Balaban J connectivity index is 0.00000116. The van der Waals surface area contributed by atoms with Crippen LogP contribution in [0.15, 0.2) is 24.3 Å². The van der Waals surface area contributed by atoms with E-state index in [1.807, 2.05) is 13.8 Å². The molecule has 22 heavy (non-hydrogen) atoms. The monoisotopic (exact) mass is 316 g/mol. The number of aliphatic hydroxyl groups is 1. The fraction of sp³-hybridized carbons (Fsp3) is 0.529. The summed E-state index contributed by atoms with van der Waals surface area (Å²) in [4.78, 5) is 0. The quantitative estimate of drug-likeness (QED) is 0.858. The number of aliphatic hydroxyl groups excluding tert-OH is 1. The van der Waals surface area contributed by atoms with Crippen LogP contribution in [0.3, 0.4) is 0 Å². The lowest BCUT2D eigenvalue weighted by Gasteiger charge is -2.23. The summed E-state index contributed by atoms with van der Waals surface area (Å²) in [5.41, 5.74) is 0.237. The summed E-state index contributed by atoms with van der Waals surface area (Å²) in [7, 11) is 1.43. The van der Waals surface area contributed by atoms with Crippen molar-refractivity contribution in [2.45, 2.75) is 39.3 Å². The van der Waals surface area contributed by atoms with E-state index in [0.29, 0.717) is 30.6 Å². The number of methoxy groups -OCH3 is 1. The molecule has 1 aromatic carbocycles. The van der Waals surface area contributed by atoms with Gasteiger partial charge in [0.2, 0.25) is 0 Å². The Morgan fingerprint density at radius 1 is 1.27 bits per heavy atom. The molecule has 124 valence electrons. The first-order valence-electron chi connectivity index (χ1n) is 7.51. The summed E-state index contributed by atoms with van der Waals surface area (Å²) < 4.78 is 44.2. The predicted octanol–water partition coefficient (Wildman–Crippen LogP) is 4.92. The average molecular weight is 316 g/mol. The second-order valence-corrected chi connectivity index (χ2v) is 4.96. The molecule has 2 nitrogen and oxygen atoms in total. The van der Waals surface area contributed by atoms with Gasteiger partial charge in [-0.25, -0.2) is 0 Å². The summed E-state index contributed by atoms with van der Waals surface area (Å²) in [5, 5.41) is 9.08. The topological polar surface area (TPSA) is 29.5 Å². The van der Waals surface area contributed by atoms with Crippen LogP contribution >= 0.6 is 0 Å². The molecule has 0 spiro atoms. The van der Waals surface area contributed by atoms with Gasteiger partial charge in [-0.1, -0.05) is 19.9 Å². The van der Waals surface area contributed by atoms with E-state index in [4.69, 9.17) is 9.84 Å². The molecule has 1 aliphatic carbocycles. The van der Waals surface area contributed by atoms with Gasteiger partial charge in [0, 0.05) is 6.61 Å². The second kappa shape index (κ2) is 8.22. The molecule has 0 saturated heterocycles. The zero-order chi connectivity index (χ0) is 16.8. The molecule has 1 unspecified atom stereocenters. The largest absolute Gasteiger partial charge is 0.497 e. The molecule has 0 bridgehead atoms. The maximum absolute atomic E-state index is 13.1. The van der Waals surface area contributed by atoms with Crippen LogP contribution in [0, 0.1) is 5.92 Å². The third-order valence-corrected chi connectivity index (χ3v) is 3.66. The van der Waals surface area contributed by atoms with E-state index in [2.05, 4.69) is 0 Å². The second-order valence-electron chi connectivity index (χ2n) is 4.96. The maximum Gasteiger partial charge on any atom is 0.417 e. The highest BCUT2D eigenvalue weighted by atomic mass is 19.4. The molecular formula is C17H23F3O2. The van der Waals surface area contributed by atoms with Crippen molar-refractivity contribution in [2.75, 3.05) is 13.7 Å². The average Bonchev–Trinajstić information content (AvgIpc) is 2.55. The fourth-order valence-electron chi connectivity index (χ4n) is 2.46. The number of benzene rings is 1. The number of rotatable bonds is 3. The molecule has 1 N–H and O–H groups in total. The molecule has 0 aromatic heterocycles. The molecule has 5 heteroatoms. The Morgan fingerprint density at radius 2 is 1.95 bits per heavy atom. The zero-order valence-electron chi connectivity index (χ0n) is 13.2. The van der Waals surface area contributed by atoms with Crippen molar-refractivity contribution in [3.8, 4) is 5.75 Å². The van der Waals surface area contributed by atoms with E-state index in [1.54, 1.807) is 6.08 Å². The van der Waals surface area contributed by atoms with Gasteiger partial charge in [0.1, 0.15) is 5.75 Å². The van der Waals surface area contributed by atoms with Crippen LogP contribution in [0.1, 0.15) is 44.2 Å². The summed E-state index contributed by atoms with van der Waals surface area (Å²) in [6.45, 7) is 4.08. The van der Waals surface area contributed by atoms with Gasteiger partial charge in [-0.2, -0.15) is 13.2 Å². The van der Waals surface area contributed by atoms with Gasteiger partial charge >= 0.3 is 6.18 Å². The van der Waals surface area contributed by atoms with E-state index in [-0.39, 0.29) is 18.1 Å². The third kappa shape index (κ3) is 4.50. The minimum atomic E-state index is -4.38. The van der Waals surface area contributed by atoms with E-state index in [9.17, 15) is 13.2 Å². The Bertz CT molecular complexity index is 507. The number of ether oxygens (including phenoxy) is 1. The lowest BCUT2D eigenvalue weighted by Crippen LogP contribution is -2.13. The Labute approximate surface area is 129 Å². The van der Waals surface area contributed by atoms with Crippen molar-refractivity contribution in [1.82, 2.24) is 0 Å². The van der Waals surface area contributed by atoms with E-state index < -0.39 is 11.7 Å². The summed E-state index contributed by atoms with van der Waals surface area (Å²) in [5.74, 6) is 0.567. The van der Waals surface area contributed by atoms with Crippen molar-refractivity contribution in [3.63, 3.8) is 0 Å². The van der Waals surface area contributed by atoms with Gasteiger partial charge < -0.3 is 9.84 Å². The van der Waals surface area contributed by atoms with Crippen LogP contribution in [0.25, 0.3) is 5.57 Å². The maximum atomic E-state index is 13.1. The first-order chi connectivity index (χ1) is 10.5. The van der Waals surface area contributed by atoms with Gasteiger partial charge in [0.25, 0.3) is 0 Å². The van der Waals surface area contributed by atoms with Crippen LogP contribution in [0.2, 0.25) is 0 Å². The minimum Gasteiger partial charge on any atom is -0.497 e. The smallest absolute Gasteiger partial charge is 0.417 e. The highest BCUT2D eigenvalue weighted by Crippen LogP contribution is 2.40.